The van der Waals surface area contributed by atoms with Gasteiger partial charge in [-0.3, -0.25) is 9.59 Å². The molecule has 2 aromatic carbocycles. The van der Waals surface area contributed by atoms with Gasteiger partial charge in [-0.1, -0.05) is 24.3 Å². The normalized spacial score (nSPS) is 15.9. The molecule has 0 atom stereocenters. The van der Waals surface area contributed by atoms with E-state index in [1.165, 1.54) is 6.42 Å². The van der Waals surface area contributed by atoms with Gasteiger partial charge in [0, 0.05) is 49.8 Å². The third-order valence-electron chi connectivity index (χ3n) is 6.47. The van der Waals surface area contributed by atoms with Crippen molar-refractivity contribution >= 4 is 35.9 Å². The van der Waals surface area contributed by atoms with E-state index in [0.717, 1.165) is 66.7 Å². The molecule has 2 N–H and O–H groups in total. The molecule has 2 aromatic rings. The average Bonchev–Trinajstić information content (AvgIpc) is 3.04. The Bertz CT molecular complexity index is 1170. The van der Waals surface area contributed by atoms with Crippen molar-refractivity contribution in [1.82, 2.24) is 9.80 Å². The molecule has 0 bridgehead atoms. The van der Waals surface area contributed by atoms with E-state index in [2.05, 4.69) is 16.8 Å². The lowest BCUT2D eigenvalue weighted by Gasteiger charge is -2.27. The minimum atomic E-state index is 0.0627. The summed E-state index contributed by atoms with van der Waals surface area (Å²) in [4.78, 5) is 33.2. The molecule has 34 heavy (non-hydrogen) atoms. The summed E-state index contributed by atoms with van der Waals surface area (Å²) in [5.41, 5.74) is 12.0. The molecular formula is C28H32N4O2. The molecule has 0 spiro atoms. The highest BCUT2D eigenvalue weighted by Crippen LogP contribution is 2.33. The van der Waals surface area contributed by atoms with Crippen molar-refractivity contribution in [2.75, 3.05) is 26.7 Å². The standard InChI is InChI=1S/C28H32N4O2/c1-3-31(2)14-11-22-15-20(8-10-24(22)19-33)21-7-9-23-16-25(18-27(29)30-26(23)17-21)28(34)32-12-5-4-6-13-32/h7-11,14-17,19H,3-6,12-13,18H2,1-2H3,(H2,29,30)/b14-11-. The van der Waals surface area contributed by atoms with E-state index in [4.69, 9.17) is 5.73 Å². The average molecular weight is 457 g/mol. The molecule has 6 nitrogen and oxygen atoms in total. The van der Waals surface area contributed by atoms with E-state index < -0.39 is 0 Å². The van der Waals surface area contributed by atoms with Gasteiger partial charge < -0.3 is 15.5 Å². The number of benzene rings is 2. The number of rotatable bonds is 6. The molecule has 2 aliphatic heterocycles. The Balaban J connectivity index is 1.67. The van der Waals surface area contributed by atoms with E-state index in [1.54, 1.807) is 0 Å². The number of hydrogen-bond donors (Lipinski definition) is 1. The van der Waals surface area contributed by atoms with Gasteiger partial charge in [-0.15, -0.1) is 0 Å². The van der Waals surface area contributed by atoms with E-state index in [-0.39, 0.29) is 5.91 Å². The smallest absolute Gasteiger partial charge is 0.250 e. The number of carbonyl (C=O) groups excluding carboxylic acids is 2. The van der Waals surface area contributed by atoms with E-state index in [0.29, 0.717) is 23.4 Å². The third kappa shape index (κ3) is 5.28. The number of carbonyl (C=O) groups is 2. The van der Waals surface area contributed by atoms with Gasteiger partial charge in [0.15, 0.2) is 6.29 Å². The second-order valence-corrected chi connectivity index (χ2v) is 8.93. The van der Waals surface area contributed by atoms with E-state index in [1.807, 2.05) is 66.7 Å². The molecule has 2 aliphatic rings. The molecule has 1 fully saturated rings. The SMILES string of the molecule is CCN(C)/C=C\c1cc(-c2ccc3c(c2)N=C(N)CC(C(=O)N2CCCCC2)=C3)ccc1C=O. The van der Waals surface area contributed by atoms with Crippen LogP contribution in [0.25, 0.3) is 23.3 Å². The maximum Gasteiger partial charge on any atom is 0.250 e. The first-order chi connectivity index (χ1) is 16.5. The first-order valence-corrected chi connectivity index (χ1v) is 11.9. The predicted octanol–water partition coefficient (Wildman–Crippen LogP) is 4.88. The summed E-state index contributed by atoms with van der Waals surface area (Å²) in [5, 5.41) is 0. The molecule has 1 saturated heterocycles. The Hall–Kier alpha value is -3.67. The number of piperidine rings is 1. The number of hydrogen-bond acceptors (Lipinski definition) is 5. The second kappa shape index (κ2) is 10.5. The first kappa shape index (κ1) is 23.5. The zero-order valence-corrected chi connectivity index (χ0v) is 20.0. The fraction of sp³-hybridized carbons (Fsp3) is 0.321. The van der Waals surface area contributed by atoms with Crippen LogP contribution in [-0.2, 0) is 4.79 Å². The van der Waals surface area contributed by atoms with Crippen LogP contribution < -0.4 is 5.73 Å². The predicted molar refractivity (Wildman–Crippen MR) is 139 cm³/mol. The molecule has 0 unspecified atom stereocenters. The van der Waals surface area contributed by atoms with Crippen LogP contribution >= 0.6 is 0 Å². The number of nitrogens with two attached hydrogens (primary N) is 1. The van der Waals surface area contributed by atoms with Crippen molar-refractivity contribution in [2.24, 2.45) is 10.7 Å². The third-order valence-corrected chi connectivity index (χ3v) is 6.47. The van der Waals surface area contributed by atoms with Gasteiger partial charge in [0.25, 0.3) is 0 Å². The number of amides is 1. The van der Waals surface area contributed by atoms with Gasteiger partial charge in [-0.25, -0.2) is 4.99 Å². The molecule has 0 saturated carbocycles. The number of nitrogens with zero attached hydrogens (tertiary/aromatic N) is 3. The highest BCUT2D eigenvalue weighted by molar-refractivity contribution is 6.05. The Morgan fingerprint density at radius 2 is 1.82 bits per heavy atom. The van der Waals surface area contributed by atoms with Gasteiger partial charge in [0.1, 0.15) is 5.84 Å². The summed E-state index contributed by atoms with van der Waals surface area (Å²) >= 11 is 0. The topological polar surface area (TPSA) is 79.0 Å². The van der Waals surface area contributed by atoms with Crippen LogP contribution in [0.5, 0.6) is 0 Å². The zero-order valence-electron chi connectivity index (χ0n) is 20.0. The zero-order chi connectivity index (χ0) is 24.1. The molecule has 176 valence electrons. The van der Waals surface area contributed by atoms with Gasteiger partial charge >= 0.3 is 0 Å². The number of fused-ring (bicyclic) bond motifs is 1. The van der Waals surface area contributed by atoms with Crippen molar-refractivity contribution in [1.29, 1.82) is 0 Å². The Morgan fingerprint density at radius 3 is 2.56 bits per heavy atom. The number of amidine groups is 1. The molecule has 0 aliphatic carbocycles. The fourth-order valence-corrected chi connectivity index (χ4v) is 4.33. The quantitative estimate of drug-likeness (QED) is 0.629. The summed E-state index contributed by atoms with van der Waals surface area (Å²) in [5.74, 6) is 0.503. The highest BCUT2D eigenvalue weighted by Gasteiger charge is 2.23. The Labute approximate surface area is 201 Å². The number of aliphatic imine (C=N–C) groups is 1. The van der Waals surface area contributed by atoms with Crippen LogP contribution in [0.2, 0.25) is 0 Å². The van der Waals surface area contributed by atoms with Crippen molar-refractivity contribution in [3.63, 3.8) is 0 Å². The van der Waals surface area contributed by atoms with Gasteiger partial charge in [-0.05, 0) is 73.4 Å². The molecule has 0 aromatic heterocycles. The van der Waals surface area contributed by atoms with Gasteiger partial charge in [0.2, 0.25) is 5.91 Å². The maximum atomic E-state index is 13.1. The fourth-order valence-electron chi connectivity index (χ4n) is 4.33. The first-order valence-electron chi connectivity index (χ1n) is 11.9. The minimum Gasteiger partial charge on any atom is -0.387 e. The van der Waals surface area contributed by atoms with Gasteiger partial charge in [0.05, 0.1) is 5.69 Å². The van der Waals surface area contributed by atoms with Crippen LogP contribution in [0.4, 0.5) is 5.69 Å². The van der Waals surface area contributed by atoms with Crippen LogP contribution in [0.3, 0.4) is 0 Å². The van der Waals surface area contributed by atoms with E-state index in [9.17, 15) is 9.59 Å². The molecular weight excluding hydrogens is 424 g/mol. The maximum absolute atomic E-state index is 13.1. The minimum absolute atomic E-state index is 0.0627. The lowest BCUT2D eigenvalue weighted by molar-refractivity contribution is -0.127. The van der Waals surface area contributed by atoms with Crippen LogP contribution in [-0.4, -0.2) is 54.5 Å². The Kier molecular flexibility index (Phi) is 7.26. The van der Waals surface area contributed by atoms with Crippen molar-refractivity contribution in [3.8, 4) is 11.1 Å². The molecule has 4 rings (SSSR count). The summed E-state index contributed by atoms with van der Waals surface area (Å²) in [7, 11) is 1.99. The summed E-state index contributed by atoms with van der Waals surface area (Å²) < 4.78 is 0. The molecule has 6 heteroatoms. The lowest BCUT2D eigenvalue weighted by Crippen LogP contribution is -2.37. The summed E-state index contributed by atoms with van der Waals surface area (Å²) in [6.45, 7) is 4.57. The van der Waals surface area contributed by atoms with Crippen molar-refractivity contribution < 1.29 is 9.59 Å². The molecule has 2 heterocycles. The number of likely N-dealkylation sites (tertiary alicyclic amines) is 1. The highest BCUT2D eigenvalue weighted by atomic mass is 16.2. The van der Waals surface area contributed by atoms with Crippen LogP contribution in [0, 0.1) is 0 Å². The Morgan fingerprint density at radius 1 is 1.09 bits per heavy atom. The van der Waals surface area contributed by atoms with E-state index >= 15 is 0 Å². The van der Waals surface area contributed by atoms with Crippen LogP contribution in [0.15, 0.2) is 53.2 Å². The van der Waals surface area contributed by atoms with Gasteiger partial charge in [-0.2, -0.15) is 0 Å². The van der Waals surface area contributed by atoms with Crippen molar-refractivity contribution in [3.05, 3.63) is 64.9 Å². The largest absolute Gasteiger partial charge is 0.387 e. The van der Waals surface area contributed by atoms with Crippen molar-refractivity contribution in [2.45, 2.75) is 32.6 Å². The molecule has 0 radical (unpaired) electrons. The summed E-state index contributed by atoms with van der Waals surface area (Å²) in [6, 6.07) is 11.8. The lowest BCUT2D eigenvalue weighted by atomic mass is 9.97. The summed E-state index contributed by atoms with van der Waals surface area (Å²) in [6.07, 6.45) is 10.4. The monoisotopic (exact) mass is 456 g/mol. The van der Waals surface area contributed by atoms with Crippen LogP contribution in [0.1, 0.15) is 54.1 Å². The molecule has 1 amide bonds. The second-order valence-electron chi connectivity index (χ2n) is 8.93. The number of aldehydes is 1.